The first-order chi connectivity index (χ1) is 24.8. The Morgan fingerprint density at radius 3 is 0.922 bits per heavy atom. The zero-order chi connectivity index (χ0) is 37.7. The molecule has 0 aromatic carbocycles. The molecule has 0 aliphatic heterocycles. The minimum atomic E-state index is -4.62. The average Bonchev–Trinajstić information content (AvgIpc) is 3.12. The normalized spacial score (nSPS) is 13.9. The Morgan fingerprint density at radius 2 is 0.686 bits per heavy atom. The Morgan fingerprint density at radius 1 is 0.451 bits per heavy atom. The van der Waals surface area contributed by atoms with Gasteiger partial charge in [0.1, 0.15) is 12.2 Å². The van der Waals surface area contributed by atoms with Crippen molar-refractivity contribution in [3.05, 3.63) is 0 Å². The molecule has 11 heteroatoms. The van der Waals surface area contributed by atoms with Crippen molar-refractivity contribution in [3.63, 3.8) is 0 Å². The van der Waals surface area contributed by atoms with E-state index in [-0.39, 0.29) is 12.8 Å². The summed E-state index contributed by atoms with van der Waals surface area (Å²) in [6.07, 6.45) is 32.3. The quantitative estimate of drug-likeness (QED) is 0.0314. The van der Waals surface area contributed by atoms with Gasteiger partial charge in [0.2, 0.25) is 0 Å². The van der Waals surface area contributed by atoms with Gasteiger partial charge in [0.25, 0.3) is 0 Å². The Bertz CT molecular complexity index is 827. The zero-order valence-electron chi connectivity index (χ0n) is 32.8. The summed E-state index contributed by atoms with van der Waals surface area (Å²) < 4.78 is 32.5. The fraction of sp³-hybridized carbons (Fsp3) is 0.950. The predicted molar refractivity (Wildman–Crippen MR) is 206 cm³/mol. The van der Waals surface area contributed by atoms with Crippen molar-refractivity contribution < 1.29 is 47.8 Å². The van der Waals surface area contributed by atoms with Gasteiger partial charge in [-0.05, 0) is 12.8 Å². The molecule has 0 amide bonds. The molecule has 3 unspecified atom stereocenters. The molecule has 0 saturated heterocycles. The van der Waals surface area contributed by atoms with E-state index in [1.54, 1.807) is 0 Å². The van der Waals surface area contributed by atoms with Crippen molar-refractivity contribution in [2.75, 3.05) is 26.4 Å². The van der Waals surface area contributed by atoms with Gasteiger partial charge in [-0.25, -0.2) is 4.57 Å². The summed E-state index contributed by atoms with van der Waals surface area (Å²) in [5.74, 6) is -1.01. The third-order valence-corrected chi connectivity index (χ3v) is 10.3. The summed E-state index contributed by atoms with van der Waals surface area (Å²) in [6.45, 7) is 2.21. The van der Waals surface area contributed by atoms with Gasteiger partial charge in [0.15, 0.2) is 0 Å². The third-order valence-electron chi connectivity index (χ3n) is 9.32. The lowest BCUT2D eigenvalue weighted by Crippen LogP contribution is -2.28. The minimum absolute atomic E-state index is 0.197. The van der Waals surface area contributed by atoms with Crippen LogP contribution in [0.15, 0.2) is 0 Å². The van der Waals surface area contributed by atoms with Crippen LogP contribution >= 0.6 is 7.82 Å². The lowest BCUT2D eigenvalue weighted by Gasteiger charge is -2.20. The smallest absolute Gasteiger partial charge is 0.457 e. The van der Waals surface area contributed by atoms with Gasteiger partial charge in [-0.2, -0.15) is 0 Å². The second-order valence-electron chi connectivity index (χ2n) is 14.3. The molecular weight excluding hydrogens is 671 g/mol. The van der Waals surface area contributed by atoms with E-state index in [1.807, 2.05) is 0 Å². The number of unbranched alkanes of at least 4 members (excludes halogenated alkanes) is 26. The second-order valence-corrected chi connectivity index (χ2v) is 15.8. The second kappa shape index (κ2) is 37.3. The number of carbonyl (C=O) groups excluding carboxylic acids is 2. The molecule has 0 fully saturated rings. The van der Waals surface area contributed by atoms with Crippen molar-refractivity contribution in [2.24, 2.45) is 0 Å². The monoisotopic (exact) mass is 751 g/mol. The van der Waals surface area contributed by atoms with Crippen molar-refractivity contribution in [2.45, 2.75) is 219 Å². The molecule has 0 aromatic heterocycles. The molecule has 0 heterocycles. The number of hydrogen-bond donors (Lipinski definition) is 3. The number of phosphoric acid groups is 1. The molecule has 3 N–H and O–H groups in total. The Kier molecular flexibility index (Phi) is 36.5. The van der Waals surface area contributed by atoms with E-state index in [1.165, 1.54) is 128 Å². The van der Waals surface area contributed by atoms with E-state index in [4.69, 9.17) is 18.5 Å². The van der Waals surface area contributed by atoms with Crippen LogP contribution in [0.4, 0.5) is 0 Å². The van der Waals surface area contributed by atoms with E-state index in [9.17, 15) is 29.3 Å². The number of ether oxygens (including phenoxy) is 2. The molecule has 0 rings (SSSR count). The van der Waals surface area contributed by atoms with E-state index in [0.29, 0.717) is 12.8 Å². The number of esters is 2. The average molecular weight is 751 g/mol. The predicted octanol–water partition coefficient (Wildman–Crippen LogP) is 10.7. The Labute approximate surface area is 312 Å². The topological polar surface area (TPSA) is 149 Å². The molecule has 0 aromatic rings. The van der Waals surface area contributed by atoms with E-state index < -0.39 is 58.4 Å². The third kappa shape index (κ3) is 35.8. The van der Waals surface area contributed by atoms with Crippen LogP contribution in [0.25, 0.3) is 0 Å². The van der Waals surface area contributed by atoms with Gasteiger partial charge < -0.3 is 24.6 Å². The highest BCUT2D eigenvalue weighted by Gasteiger charge is 2.27. The van der Waals surface area contributed by atoms with Crippen LogP contribution < -0.4 is 0 Å². The number of aliphatic hydroxyl groups excluding tert-OH is 2. The van der Waals surface area contributed by atoms with Crippen molar-refractivity contribution in [1.29, 1.82) is 0 Å². The molecule has 51 heavy (non-hydrogen) atoms. The van der Waals surface area contributed by atoms with Crippen molar-refractivity contribution in [3.8, 4) is 0 Å². The van der Waals surface area contributed by atoms with Gasteiger partial charge in [-0.15, -0.1) is 0 Å². The van der Waals surface area contributed by atoms with Crippen LogP contribution in [0, 0.1) is 0 Å². The van der Waals surface area contributed by atoms with Gasteiger partial charge in [-0.1, -0.05) is 181 Å². The number of phosphoric ester groups is 1. The molecule has 0 aliphatic rings. The molecule has 0 spiro atoms. The summed E-state index contributed by atoms with van der Waals surface area (Å²) in [6, 6.07) is 0. The number of carbonyl (C=O) groups is 2. The summed E-state index contributed by atoms with van der Waals surface area (Å²) in [4.78, 5) is 34.3. The van der Waals surface area contributed by atoms with Crippen LogP contribution in [-0.2, 0) is 32.7 Å². The first-order valence-electron chi connectivity index (χ1n) is 21.0. The molecule has 0 aliphatic carbocycles. The molecule has 304 valence electrons. The summed E-state index contributed by atoms with van der Waals surface area (Å²) >= 11 is 0. The van der Waals surface area contributed by atoms with Crippen molar-refractivity contribution in [1.82, 2.24) is 0 Å². The lowest BCUT2D eigenvalue weighted by molar-refractivity contribution is -0.153. The van der Waals surface area contributed by atoms with Gasteiger partial charge in [-0.3, -0.25) is 18.6 Å². The van der Waals surface area contributed by atoms with Crippen LogP contribution in [0.3, 0.4) is 0 Å². The first-order valence-corrected chi connectivity index (χ1v) is 22.5. The van der Waals surface area contributed by atoms with E-state index >= 15 is 0 Å². The van der Waals surface area contributed by atoms with Gasteiger partial charge in [0, 0.05) is 12.8 Å². The van der Waals surface area contributed by atoms with Crippen LogP contribution in [-0.4, -0.2) is 65.7 Å². The fourth-order valence-electron chi connectivity index (χ4n) is 6.06. The standard InChI is InChI=1S/C40H79O10P/c1-3-5-7-9-11-13-14-15-16-17-18-19-20-21-22-24-26-28-30-32-40(44)50-38(34-42)36-48-51(45,46)47-35-37(33-41)49-39(43)31-29-27-25-23-12-10-8-6-4-2/h37-38,41-42H,3-36H2,1-2H3,(H,45,46). The number of aliphatic hydroxyl groups is 2. The summed E-state index contributed by atoms with van der Waals surface area (Å²) in [5.41, 5.74) is 0. The Hall–Kier alpha value is -1.03. The minimum Gasteiger partial charge on any atom is -0.457 e. The van der Waals surface area contributed by atoms with Crippen LogP contribution in [0.5, 0.6) is 0 Å². The largest absolute Gasteiger partial charge is 0.472 e. The first kappa shape index (κ1) is 50.0. The van der Waals surface area contributed by atoms with E-state index in [0.717, 1.165) is 38.5 Å². The highest BCUT2D eigenvalue weighted by Crippen LogP contribution is 2.43. The molecule has 0 bridgehead atoms. The highest BCUT2D eigenvalue weighted by molar-refractivity contribution is 7.47. The van der Waals surface area contributed by atoms with Gasteiger partial charge in [0.05, 0.1) is 26.4 Å². The maximum Gasteiger partial charge on any atom is 0.472 e. The van der Waals surface area contributed by atoms with Crippen molar-refractivity contribution >= 4 is 19.8 Å². The number of hydrogen-bond acceptors (Lipinski definition) is 9. The fourth-order valence-corrected chi connectivity index (χ4v) is 6.84. The molecule has 3 atom stereocenters. The molecular formula is C40H79O10P. The van der Waals surface area contributed by atoms with E-state index in [2.05, 4.69) is 13.8 Å². The Balaban J connectivity index is 3.85. The summed E-state index contributed by atoms with van der Waals surface area (Å²) in [5, 5.41) is 19.1. The SMILES string of the molecule is CCCCCCCCCCCCCCCCCCCCCC(=O)OC(CO)COP(=O)(O)OCC(CO)OC(=O)CCCCCCCCCCC. The molecule has 0 radical (unpaired) electrons. The zero-order valence-corrected chi connectivity index (χ0v) is 33.7. The highest BCUT2D eigenvalue weighted by atomic mass is 31.2. The number of rotatable bonds is 40. The lowest BCUT2D eigenvalue weighted by atomic mass is 10.0. The van der Waals surface area contributed by atoms with Crippen LogP contribution in [0.1, 0.15) is 206 Å². The molecule has 10 nitrogen and oxygen atoms in total. The summed E-state index contributed by atoms with van der Waals surface area (Å²) in [7, 11) is -4.62. The molecule has 0 saturated carbocycles. The maximum atomic E-state index is 12.3. The maximum absolute atomic E-state index is 12.3. The van der Waals surface area contributed by atoms with Crippen LogP contribution in [0.2, 0.25) is 0 Å². The van der Waals surface area contributed by atoms with Gasteiger partial charge >= 0.3 is 19.8 Å².